The third-order valence-electron chi connectivity index (χ3n) is 6.94. The molecule has 3 N–H and O–H groups in total. The van der Waals surface area contributed by atoms with Gasteiger partial charge in [0.2, 0.25) is 0 Å². The van der Waals surface area contributed by atoms with E-state index in [9.17, 15) is 0 Å². The number of nitrogens with two attached hydrogens (primary N) is 1. The van der Waals surface area contributed by atoms with Crippen molar-refractivity contribution in [3.63, 3.8) is 0 Å². The Hall–Kier alpha value is -5.10. The number of methoxy groups -OCH3 is 1. The molecule has 0 saturated heterocycles. The first-order chi connectivity index (χ1) is 20.4. The average molecular weight is 568 g/mol. The highest BCUT2D eigenvalue weighted by Gasteiger charge is 2.18. The quantitative estimate of drug-likeness (QED) is 0.226. The summed E-state index contributed by atoms with van der Waals surface area (Å²) in [5.41, 5.74) is 12.1. The second-order valence-electron chi connectivity index (χ2n) is 9.82. The maximum absolute atomic E-state index is 15.4. The van der Waals surface area contributed by atoms with E-state index in [2.05, 4.69) is 30.4 Å². The van der Waals surface area contributed by atoms with Crippen LogP contribution in [0, 0.1) is 5.82 Å². The normalized spacial score (nSPS) is 11.4. The van der Waals surface area contributed by atoms with Crippen LogP contribution in [0.1, 0.15) is 18.2 Å². The number of benzene rings is 1. The molecule has 6 rings (SSSR count). The smallest absolute Gasteiger partial charge is 0.150 e. The summed E-state index contributed by atoms with van der Waals surface area (Å²) in [4.78, 5) is 17.8. The molecule has 0 spiro atoms. The molecule has 0 radical (unpaired) electrons. The van der Waals surface area contributed by atoms with Gasteiger partial charge in [0.15, 0.2) is 5.65 Å². The van der Waals surface area contributed by atoms with Crippen LogP contribution in [0.2, 0.25) is 0 Å². The monoisotopic (exact) mass is 567 g/mol. The number of hydrogen-bond donors (Lipinski definition) is 2. The summed E-state index contributed by atoms with van der Waals surface area (Å²) < 4.78 is 30.1. The molecule has 0 atom stereocenters. The summed E-state index contributed by atoms with van der Waals surface area (Å²) in [5.74, 6) is 0.322. The van der Waals surface area contributed by atoms with Crippen LogP contribution in [-0.4, -0.2) is 54.5 Å². The zero-order valence-electron chi connectivity index (χ0n) is 23.5. The second kappa shape index (κ2) is 11.4. The van der Waals surface area contributed by atoms with Crippen molar-refractivity contribution in [2.24, 2.45) is 7.05 Å². The van der Waals surface area contributed by atoms with Crippen LogP contribution in [0.5, 0.6) is 5.75 Å². The molecule has 6 aromatic rings. The standard InChI is InChI=1S/C30H30FN9O2/c1-4-19-10-25(34-6-8-41-3)28-23(31)11-21(12-26(28)37-19)42-16-18-9-20(14-33-13-18)40-15-22(24-5-7-39(2)38-24)27-29(32)35-17-36-30(27)40/h5,7,9-15,17H,4,6,8,16H2,1-3H3,(H,34,37)(H2,32,35,36). The van der Waals surface area contributed by atoms with E-state index in [0.717, 1.165) is 28.2 Å². The predicted octanol–water partition coefficient (Wildman–Crippen LogP) is 4.69. The first kappa shape index (κ1) is 27.1. The number of nitrogens with one attached hydrogen (secondary N) is 1. The number of nitrogen functional groups attached to an aromatic ring is 1. The molecule has 0 amide bonds. The van der Waals surface area contributed by atoms with Gasteiger partial charge in [-0.2, -0.15) is 5.10 Å². The van der Waals surface area contributed by atoms with Gasteiger partial charge in [-0.15, -0.1) is 0 Å². The molecule has 214 valence electrons. The fourth-order valence-electron chi connectivity index (χ4n) is 4.93. The zero-order chi connectivity index (χ0) is 29.2. The van der Waals surface area contributed by atoms with Crippen LogP contribution in [0.4, 0.5) is 15.9 Å². The largest absolute Gasteiger partial charge is 0.489 e. The lowest BCUT2D eigenvalue weighted by molar-refractivity contribution is 0.211. The van der Waals surface area contributed by atoms with Gasteiger partial charge in [-0.25, -0.2) is 14.4 Å². The van der Waals surface area contributed by atoms with Crippen molar-refractivity contribution < 1.29 is 13.9 Å². The number of aryl methyl sites for hydroxylation is 2. The SMILES string of the molecule is CCc1cc(NCCOC)c2c(F)cc(OCc3cncc(-n4cc(-c5ccn(C)n5)c5c(N)ncnc54)c3)cc2n1. The molecule has 0 fully saturated rings. The molecule has 12 heteroatoms. The highest BCUT2D eigenvalue weighted by molar-refractivity contribution is 6.00. The Kier molecular flexibility index (Phi) is 7.36. The first-order valence-corrected chi connectivity index (χ1v) is 13.5. The summed E-state index contributed by atoms with van der Waals surface area (Å²) >= 11 is 0. The maximum Gasteiger partial charge on any atom is 0.150 e. The predicted molar refractivity (Wildman–Crippen MR) is 159 cm³/mol. The van der Waals surface area contributed by atoms with E-state index in [1.165, 1.54) is 12.4 Å². The van der Waals surface area contributed by atoms with Gasteiger partial charge in [0.1, 0.15) is 30.3 Å². The van der Waals surface area contributed by atoms with E-state index in [0.29, 0.717) is 58.8 Å². The fourth-order valence-corrected chi connectivity index (χ4v) is 4.93. The molecule has 0 aliphatic rings. The van der Waals surface area contributed by atoms with Crippen molar-refractivity contribution in [3.05, 3.63) is 78.5 Å². The van der Waals surface area contributed by atoms with Crippen molar-refractivity contribution >= 4 is 33.4 Å². The lowest BCUT2D eigenvalue weighted by Gasteiger charge is -2.14. The van der Waals surface area contributed by atoms with E-state index in [1.54, 1.807) is 30.3 Å². The molecular formula is C30H30FN9O2. The van der Waals surface area contributed by atoms with Gasteiger partial charge in [-0.05, 0) is 24.6 Å². The van der Waals surface area contributed by atoms with Crippen molar-refractivity contribution in [3.8, 4) is 22.7 Å². The van der Waals surface area contributed by atoms with Crippen LogP contribution in [0.25, 0.3) is 38.9 Å². The summed E-state index contributed by atoms with van der Waals surface area (Å²) in [6.45, 7) is 3.24. The minimum Gasteiger partial charge on any atom is -0.489 e. The number of pyridine rings is 2. The van der Waals surface area contributed by atoms with Gasteiger partial charge in [0, 0.05) is 73.9 Å². The lowest BCUT2D eigenvalue weighted by atomic mass is 10.1. The number of halogens is 1. The van der Waals surface area contributed by atoms with Crippen molar-refractivity contribution in [1.82, 2.24) is 34.3 Å². The second-order valence-corrected chi connectivity index (χ2v) is 9.82. The number of ether oxygens (including phenoxy) is 2. The molecule has 42 heavy (non-hydrogen) atoms. The minimum absolute atomic E-state index is 0.168. The Morgan fingerprint density at radius 2 is 1.98 bits per heavy atom. The Morgan fingerprint density at radius 1 is 1.10 bits per heavy atom. The lowest BCUT2D eigenvalue weighted by Crippen LogP contribution is -2.09. The van der Waals surface area contributed by atoms with E-state index in [-0.39, 0.29) is 6.61 Å². The Labute approximate surface area is 241 Å². The van der Waals surface area contributed by atoms with E-state index in [1.807, 2.05) is 49.1 Å². The highest BCUT2D eigenvalue weighted by Crippen LogP contribution is 2.34. The van der Waals surface area contributed by atoms with Crippen LogP contribution in [0.3, 0.4) is 0 Å². The molecule has 11 nitrogen and oxygen atoms in total. The van der Waals surface area contributed by atoms with Crippen LogP contribution in [0.15, 0.2) is 61.4 Å². The Morgan fingerprint density at radius 3 is 2.76 bits per heavy atom. The van der Waals surface area contributed by atoms with E-state index >= 15 is 4.39 Å². The fraction of sp³-hybridized carbons (Fsp3) is 0.233. The third-order valence-corrected chi connectivity index (χ3v) is 6.94. The van der Waals surface area contributed by atoms with Crippen molar-refractivity contribution in [2.75, 3.05) is 31.3 Å². The van der Waals surface area contributed by atoms with Gasteiger partial charge in [0.25, 0.3) is 0 Å². The van der Waals surface area contributed by atoms with Crippen LogP contribution >= 0.6 is 0 Å². The topological polar surface area (TPSA) is 131 Å². The molecule has 0 saturated carbocycles. The minimum atomic E-state index is -0.414. The van der Waals surface area contributed by atoms with Crippen molar-refractivity contribution in [1.29, 1.82) is 0 Å². The van der Waals surface area contributed by atoms with Crippen LogP contribution < -0.4 is 15.8 Å². The molecule has 0 bridgehead atoms. The number of aromatic nitrogens is 7. The van der Waals surface area contributed by atoms with E-state index < -0.39 is 5.82 Å². The summed E-state index contributed by atoms with van der Waals surface area (Å²) in [6.07, 6.45) is 9.38. The van der Waals surface area contributed by atoms with Gasteiger partial charge in [-0.3, -0.25) is 19.2 Å². The first-order valence-electron chi connectivity index (χ1n) is 13.5. The number of fused-ring (bicyclic) bond motifs is 2. The third kappa shape index (κ3) is 5.19. The zero-order valence-corrected chi connectivity index (χ0v) is 23.5. The molecule has 1 aromatic carbocycles. The Bertz CT molecular complexity index is 1900. The molecule has 5 aromatic heterocycles. The summed E-state index contributed by atoms with van der Waals surface area (Å²) in [6, 6.07) is 8.87. The molecule has 0 aliphatic heterocycles. The van der Waals surface area contributed by atoms with Gasteiger partial charge >= 0.3 is 0 Å². The number of nitrogens with zero attached hydrogens (tertiary/aromatic N) is 7. The number of anilines is 2. The summed E-state index contributed by atoms with van der Waals surface area (Å²) in [5, 5.41) is 8.92. The molecule has 0 unspecified atom stereocenters. The van der Waals surface area contributed by atoms with Gasteiger partial charge < -0.3 is 20.5 Å². The van der Waals surface area contributed by atoms with Gasteiger partial charge in [-0.1, -0.05) is 6.92 Å². The highest BCUT2D eigenvalue weighted by atomic mass is 19.1. The average Bonchev–Trinajstić information content (AvgIpc) is 3.60. The summed E-state index contributed by atoms with van der Waals surface area (Å²) in [7, 11) is 3.48. The number of hydrogen-bond acceptors (Lipinski definition) is 9. The van der Waals surface area contributed by atoms with Gasteiger partial charge in [0.05, 0.1) is 40.5 Å². The van der Waals surface area contributed by atoms with Crippen molar-refractivity contribution in [2.45, 2.75) is 20.0 Å². The molecule has 0 aliphatic carbocycles. The maximum atomic E-state index is 15.4. The molecular weight excluding hydrogens is 537 g/mol. The Balaban J connectivity index is 1.30. The molecule has 5 heterocycles. The van der Waals surface area contributed by atoms with Crippen LogP contribution in [-0.2, 0) is 24.8 Å². The number of rotatable bonds is 10. The van der Waals surface area contributed by atoms with E-state index in [4.69, 9.17) is 15.2 Å².